The Morgan fingerprint density at radius 3 is 2.80 bits per heavy atom. The Balaban J connectivity index is 1.72. The minimum atomic E-state index is 0.878. The highest BCUT2D eigenvalue weighted by Gasteiger charge is 2.19. The smallest absolute Gasteiger partial charge is 0.00726 e. The van der Waals surface area contributed by atoms with Crippen molar-refractivity contribution in [3.8, 4) is 0 Å². The molecule has 88 valence electrons. The molecule has 2 aliphatic heterocycles. The van der Waals surface area contributed by atoms with Gasteiger partial charge in [-0.3, -0.25) is 0 Å². The van der Waals surface area contributed by atoms with Gasteiger partial charge in [-0.1, -0.05) is 6.92 Å². The third kappa shape index (κ3) is 3.97. The first-order valence-corrected chi connectivity index (χ1v) is 7.44. The standard InChI is InChI=1S/C12H24N2S/c1-11-4-7-14(8-9-15-11)10-12-2-5-13-6-3-12/h11-13H,2-10H2,1H3. The van der Waals surface area contributed by atoms with E-state index in [2.05, 4.69) is 28.9 Å². The summed E-state index contributed by atoms with van der Waals surface area (Å²) in [6, 6.07) is 0. The zero-order valence-corrected chi connectivity index (χ0v) is 10.7. The van der Waals surface area contributed by atoms with Crippen molar-refractivity contribution in [1.82, 2.24) is 10.2 Å². The van der Waals surface area contributed by atoms with Gasteiger partial charge < -0.3 is 10.2 Å². The highest BCUT2D eigenvalue weighted by Crippen LogP contribution is 2.21. The van der Waals surface area contributed by atoms with Crippen LogP contribution in [0.2, 0.25) is 0 Å². The molecule has 1 unspecified atom stereocenters. The van der Waals surface area contributed by atoms with Gasteiger partial charge in [-0.2, -0.15) is 11.8 Å². The molecule has 2 heterocycles. The number of piperidine rings is 1. The summed E-state index contributed by atoms with van der Waals surface area (Å²) in [7, 11) is 0. The molecule has 0 aromatic rings. The molecule has 1 N–H and O–H groups in total. The lowest BCUT2D eigenvalue weighted by molar-refractivity contribution is 0.216. The summed E-state index contributed by atoms with van der Waals surface area (Å²) >= 11 is 2.15. The van der Waals surface area contributed by atoms with Gasteiger partial charge in [0.15, 0.2) is 0 Å². The van der Waals surface area contributed by atoms with Crippen molar-refractivity contribution in [1.29, 1.82) is 0 Å². The van der Waals surface area contributed by atoms with Gasteiger partial charge in [-0.25, -0.2) is 0 Å². The molecule has 3 heteroatoms. The lowest BCUT2D eigenvalue weighted by Gasteiger charge is -2.29. The van der Waals surface area contributed by atoms with Gasteiger partial charge in [0.1, 0.15) is 0 Å². The second-order valence-corrected chi connectivity index (χ2v) is 6.51. The Kier molecular flexibility index (Phi) is 4.79. The van der Waals surface area contributed by atoms with Crippen LogP contribution in [0.3, 0.4) is 0 Å². The number of nitrogens with one attached hydrogen (secondary N) is 1. The van der Waals surface area contributed by atoms with E-state index in [1.807, 2.05) is 0 Å². The average molecular weight is 228 g/mol. The van der Waals surface area contributed by atoms with Crippen molar-refractivity contribution in [2.75, 3.05) is 38.5 Å². The SMILES string of the molecule is CC1CCN(CC2CCNCC2)CCS1. The van der Waals surface area contributed by atoms with Crippen molar-refractivity contribution < 1.29 is 0 Å². The van der Waals surface area contributed by atoms with Crippen molar-refractivity contribution in [2.24, 2.45) is 5.92 Å². The van der Waals surface area contributed by atoms with E-state index >= 15 is 0 Å². The zero-order valence-electron chi connectivity index (χ0n) is 9.87. The van der Waals surface area contributed by atoms with Gasteiger partial charge >= 0.3 is 0 Å². The Labute approximate surface area is 98.2 Å². The summed E-state index contributed by atoms with van der Waals surface area (Å²) < 4.78 is 0. The van der Waals surface area contributed by atoms with E-state index in [1.165, 1.54) is 57.7 Å². The normalized spacial score (nSPS) is 31.4. The second kappa shape index (κ2) is 6.12. The first kappa shape index (κ1) is 11.7. The van der Waals surface area contributed by atoms with Crippen LogP contribution in [-0.2, 0) is 0 Å². The molecule has 0 aromatic heterocycles. The summed E-state index contributed by atoms with van der Waals surface area (Å²) in [5.41, 5.74) is 0. The van der Waals surface area contributed by atoms with Crippen LogP contribution in [0, 0.1) is 5.92 Å². The number of thioether (sulfide) groups is 1. The molecule has 0 radical (unpaired) electrons. The first-order chi connectivity index (χ1) is 7.34. The molecule has 15 heavy (non-hydrogen) atoms. The molecule has 2 fully saturated rings. The minimum absolute atomic E-state index is 0.878. The van der Waals surface area contributed by atoms with Crippen molar-refractivity contribution >= 4 is 11.8 Å². The second-order valence-electron chi connectivity index (χ2n) is 4.96. The molecule has 1 atom stereocenters. The van der Waals surface area contributed by atoms with Crippen molar-refractivity contribution in [3.05, 3.63) is 0 Å². The third-order valence-electron chi connectivity index (χ3n) is 3.64. The van der Waals surface area contributed by atoms with Gasteiger partial charge in [0, 0.05) is 24.1 Å². The summed E-state index contributed by atoms with van der Waals surface area (Å²) in [5.74, 6) is 2.30. The van der Waals surface area contributed by atoms with Gasteiger partial charge in [0.2, 0.25) is 0 Å². The largest absolute Gasteiger partial charge is 0.317 e. The molecule has 0 amide bonds. The molecule has 2 rings (SSSR count). The van der Waals surface area contributed by atoms with Gasteiger partial charge in [0.25, 0.3) is 0 Å². The molecule has 2 aliphatic rings. The Bertz CT molecular complexity index is 180. The topological polar surface area (TPSA) is 15.3 Å². The Morgan fingerprint density at radius 1 is 1.20 bits per heavy atom. The van der Waals surface area contributed by atoms with Gasteiger partial charge in [0.05, 0.1) is 0 Å². The molecule has 2 saturated heterocycles. The van der Waals surface area contributed by atoms with E-state index in [4.69, 9.17) is 0 Å². The summed E-state index contributed by atoms with van der Waals surface area (Å²) in [6.07, 6.45) is 4.16. The summed E-state index contributed by atoms with van der Waals surface area (Å²) in [4.78, 5) is 2.70. The van der Waals surface area contributed by atoms with E-state index in [1.54, 1.807) is 0 Å². The van der Waals surface area contributed by atoms with E-state index in [0.29, 0.717) is 0 Å². The molecule has 0 aliphatic carbocycles. The summed E-state index contributed by atoms with van der Waals surface area (Å²) in [6.45, 7) is 8.86. The molecule has 0 aromatic carbocycles. The van der Waals surface area contributed by atoms with E-state index in [0.717, 1.165) is 11.2 Å². The van der Waals surface area contributed by atoms with Crippen LogP contribution >= 0.6 is 11.8 Å². The predicted molar refractivity (Wildman–Crippen MR) is 68.6 cm³/mol. The van der Waals surface area contributed by atoms with E-state index in [-0.39, 0.29) is 0 Å². The van der Waals surface area contributed by atoms with Crippen LogP contribution < -0.4 is 5.32 Å². The maximum absolute atomic E-state index is 3.45. The molecular formula is C12H24N2S. The summed E-state index contributed by atoms with van der Waals surface area (Å²) in [5, 5.41) is 4.33. The highest BCUT2D eigenvalue weighted by atomic mass is 32.2. The van der Waals surface area contributed by atoms with Crippen LogP contribution in [0.15, 0.2) is 0 Å². The number of nitrogens with zero attached hydrogens (tertiary/aromatic N) is 1. The van der Waals surface area contributed by atoms with Gasteiger partial charge in [-0.05, 0) is 44.8 Å². The fraction of sp³-hybridized carbons (Fsp3) is 1.00. The average Bonchev–Trinajstić information content (AvgIpc) is 2.46. The van der Waals surface area contributed by atoms with Crippen LogP contribution in [0.25, 0.3) is 0 Å². The van der Waals surface area contributed by atoms with Crippen LogP contribution in [0.4, 0.5) is 0 Å². The third-order valence-corrected chi connectivity index (χ3v) is 4.86. The van der Waals surface area contributed by atoms with E-state index < -0.39 is 0 Å². The molecule has 2 nitrogen and oxygen atoms in total. The molecule has 0 spiro atoms. The van der Waals surface area contributed by atoms with Gasteiger partial charge in [-0.15, -0.1) is 0 Å². The highest BCUT2D eigenvalue weighted by molar-refractivity contribution is 7.99. The number of rotatable bonds is 2. The zero-order chi connectivity index (χ0) is 10.5. The Hall–Kier alpha value is 0.270. The fourth-order valence-electron chi connectivity index (χ4n) is 2.55. The maximum atomic E-state index is 3.45. The lowest BCUT2D eigenvalue weighted by Crippen LogP contribution is -2.37. The quantitative estimate of drug-likeness (QED) is 0.776. The fourth-order valence-corrected chi connectivity index (χ4v) is 3.59. The number of hydrogen-bond acceptors (Lipinski definition) is 3. The number of hydrogen-bond donors (Lipinski definition) is 1. The lowest BCUT2D eigenvalue weighted by atomic mass is 9.97. The monoisotopic (exact) mass is 228 g/mol. The van der Waals surface area contributed by atoms with Crippen LogP contribution in [0.1, 0.15) is 26.2 Å². The predicted octanol–water partition coefficient (Wildman–Crippen LogP) is 1.81. The molecular weight excluding hydrogens is 204 g/mol. The Morgan fingerprint density at radius 2 is 2.00 bits per heavy atom. The van der Waals surface area contributed by atoms with E-state index in [9.17, 15) is 0 Å². The first-order valence-electron chi connectivity index (χ1n) is 6.39. The molecule has 0 saturated carbocycles. The van der Waals surface area contributed by atoms with Crippen molar-refractivity contribution in [3.63, 3.8) is 0 Å². The minimum Gasteiger partial charge on any atom is -0.317 e. The van der Waals surface area contributed by atoms with Crippen LogP contribution in [-0.4, -0.2) is 48.6 Å². The van der Waals surface area contributed by atoms with Crippen LogP contribution in [0.5, 0.6) is 0 Å². The molecule has 0 bridgehead atoms. The van der Waals surface area contributed by atoms with Crippen molar-refractivity contribution in [2.45, 2.75) is 31.4 Å². The maximum Gasteiger partial charge on any atom is 0.00726 e.